The number of hydrogen-bond acceptors (Lipinski definition) is 4. The molecule has 0 aliphatic carbocycles. The van der Waals surface area contributed by atoms with E-state index in [4.69, 9.17) is 9.47 Å². The maximum absolute atomic E-state index is 12.0. The molecule has 0 aliphatic heterocycles. The first-order chi connectivity index (χ1) is 14.5. The molecular formula is C24H24N2O4. The SMILES string of the molecule is CNC(=O)c1ccc(CNC(=O)COc2ccc(Oc3ccc(C)cc3)cc2)cc1. The summed E-state index contributed by atoms with van der Waals surface area (Å²) >= 11 is 0. The van der Waals surface area contributed by atoms with E-state index in [1.54, 1.807) is 55.6 Å². The predicted molar refractivity (Wildman–Crippen MR) is 115 cm³/mol. The normalized spacial score (nSPS) is 10.2. The molecule has 0 aromatic heterocycles. The van der Waals surface area contributed by atoms with Crippen LogP contribution in [0.1, 0.15) is 21.5 Å². The van der Waals surface area contributed by atoms with Crippen LogP contribution in [0, 0.1) is 6.92 Å². The zero-order chi connectivity index (χ0) is 21.3. The van der Waals surface area contributed by atoms with Crippen LogP contribution in [0.3, 0.4) is 0 Å². The Labute approximate surface area is 175 Å². The Bertz CT molecular complexity index is 981. The Morgan fingerprint density at radius 2 is 1.37 bits per heavy atom. The molecule has 30 heavy (non-hydrogen) atoms. The number of hydrogen-bond donors (Lipinski definition) is 2. The van der Waals surface area contributed by atoms with E-state index in [2.05, 4.69) is 10.6 Å². The van der Waals surface area contributed by atoms with Crippen molar-refractivity contribution in [3.63, 3.8) is 0 Å². The first-order valence-electron chi connectivity index (χ1n) is 9.58. The van der Waals surface area contributed by atoms with E-state index in [-0.39, 0.29) is 18.4 Å². The van der Waals surface area contributed by atoms with Crippen molar-refractivity contribution in [3.8, 4) is 17.2 Å². The first kappa shape index (κ1) is 20.9. The summed E-state index contributed by atoms with van der Waals surface area (Å²) in [6.07, 6.45) is 0. The molecule has 6 nitrogen and oxygen atoms in total. The highest BCUT2D eigenvalue weighted by atomic mass is 16.5. The summed E-state index contributed by atoms with van der Waals surface area (Å²) in [5.74, 6) is 1.66. The van der Waals surface area contributed by atoms with Crippen molar-refractivity contribution in [2.24, 2.45) is 0 Å². The molecule has 2 amide bonds. The van der Waals surface area contributed by atoms with Gasteiger partial charge in [0, 0.05) is 19.2 Å². The molecule has 3 aromatic carbocycles. The van der Waals surface area contributed by atoms with E-state index in [0.717, 1.165) is 11.3 Å². The van der Waals surface area contributed by atoms with Gasteiger partial charge < -0.3 is 20.1 Å². The van der Waals surface area contributed by atoms with E-state index in [0.29, 0.717) is 23.6 Å². The number of nitrogens with one attached hydrogen (secondary N) is 2. The fraction of sp³-hybridized carbons (Fsp3) is 0.167. The maximum atomic E-state index is 12.0. The minimum Gasteiger partial charge on any atom is -0.484 e. The number of carbonyl (C=O) groups excluding carboxylic acids is 2. The Balaban J connectivity index is 1.43. The van der Waals surface area contributed by atoms with Crippen LogP contribution in [-0.4, -0.2) is 25.5 Å². The lowest BCUT2D eigenvalue weighted by atomic mass is 10.1. The van der Waals surface area contributed by atoms with Crippen molar-refractivity contribution in [1.82, 2.24) is 10.6 Å². The highest BCUT2D eigenvalue weighted by molar-refractivity contribution is 5.93. The molecule has 3 aromatic rings. The Hall–Kier alpha value is -3.80. The summed E-state index contributed by atoms with van der Waals surface area (Å²) in [4.78, 5) is 23.6. The van der Waals surface area contributed by atoms with E-state index in [9.17, 15) is 9.59 Å². The number of aryl methyl sites for hydroxylation is 1. The fourth-order valence-electron chi connectivity index (χ4n) is 2.67. The molecule has 2 N–H and O–H groups in total. The van der Waals surface area contributed by atoms with Crippen LogP contribution < -0.4 is 20.1 Å². The zero-order valence-electron chi connectivity index (χ0n) is 17.0. The topological polar surface area (TPSA) is 76.7 Å². The van der Waals surface area contributed by atoms with E-state index >= 15 is 0 Å². The quantitative estimate of drug-likeness (QED) is 0.598. The molecule has 0 bridgehead atoms. The lowest BCUT2D eigenvalue weighted by molar-refractivity contribution is -0.123. The molecule has 0 heterocycles. The van der Waals surface area contributed by atoms with Crippen LogP contribution in [0.25, 0.3) is 0 Å². The third kappa shape index (κ3) is 6.10. The zero-order valence-corrected chi connectivity index (χ0v) is 17.0. The van der Waals surface area contributed by atoms with E-state index in [1.165, 1.54) is 5.56 Å². The summed E-state index contributed by atoms with van der Waals surface area (Å²) in [7, 11) is 1.58. The van der Waals surface area contributed by atoms with Gasteiger partial charge in [0.2, 0.25) is 0 Å². The summed E-state index contributed by atoms with van der Waals surface area (Å²) in [5.41, 5.74) is 2.64. The summed E-state index contributed by atoms with van der Waals surface area (Å²) < 4.78 is 11.3. The molecular weight excluding hydrogens is 380 g/mol. The van der Waals surface area contributed by atoms with Gasteiger partial charge in [0.05, 0.1) is 0 Å². The number of amides is 2. The Morgan fingerprint density at radius 3 is 1.97 bits per heavy atom. The van der Waals surface area contributed by atoms with Gasteiger partial charge in [-0.1, -0.05) is 29.8 Å². The highest BCUT2D eigenvalue weighted by Gasteiger charge is 2.06. The van der Waals surface area contributed by atoms with Crippen LogP contribution in [-0.2, 0) is 11.3 Å². The van der Waals surface area contributed by atoms with Gasteiger partial charge in [0.1, 0.15) is 17.2 Å². The molecule has 0 saturated carbocycles. The average molecular weight is 404 g/mol. The van der Waals surface area contributed by atoms with Crippen LogP contribution in [0.15, 0.2) is 72.8 Å². The second-order valence-electron chi connectivity index (χ2n) is 6.73. The fourth-order valence-corrected chi connectivity index (χ4v) is 2.67. The van der Waals surface area contributed by atoms with Gasteiger partial charge >= 0.3 is 0 Å². The first-order valence-corrected chi connectivity index (χ1v) is 9.58. The van der Waals surface area contributed by atoms with Gasteiger partial charge in [-0.2, -0.15) is 0 Å². The number of rotatable bonds is 8. The molecule has 0 aliphatic rings. The minimum atomic E-state index is -0.231. The van der Waals surface area contributed by atoms with Gasteiger partial charge in [-0.3, -0.25) is 9.59 Å². The van der Waals surface area contributed by atoms with Crippen LogP contribution in [0.2, 0.25) is 0 Å². The molecule has 154 valence electrons. The van der Waals surface area contributed by atoms with Gasteiger partial charge in [0.15, 0.2) is 6.61 Å². The smallest absolute Gasteiger partial charge is 0.258 e. The van der Waals surface area contributed by atoms with E-state index < -0.39 is 0 Å². The van der Waals surface area contributed by atoms with Crippen molar-refractivity contribution in [2.45, 2.75) is 13.5 Å². The van der Waals surface area contributed by atoms with Crippen molar-refractivity contribution >= 4 is 11.8 Å². The van der Waals surface area contributed by atoms with Crippen LogP contribution in [0.5, 0.6) is 17.2 Å². The number of ether oxygens (including phenoxy) is 2. The molecule has 0 radical (unpaired) electrons. The van der Waals surface area contributed by atoms with Crippen molar-refractivity contribution in [2.75, 3.05) is 13.7 Å². The largest absolute Gasteiger partial charge is 0.484 e. The summed E-state index contributed by atoms with van der Waals surface area (Å²) in [6.45, 7) is 2.29. The lowest BCUT2D eigenvalue weighted by Crippen LogP contribution is -2.28. The Kier molecular flexibility index (Phi) is 7.05. The van der Waals surface area contributed by atoms with Crippen molar-refractivity contribution in [3.05, 3.63) is 89.5 Å². The second kappa shape index (κ2) is 10.1. The third-order valence-corrected chi connectivity index (χ3v) is 4.38. The van der Waals surface area contributed by atoms with Gasteiger partial charge in [0.25, 0.3) is 11.8 Å². The highest BCUT2D eigenvalue weighted by Crippen LogP contribution is 2.24. The molecule has 6 heteroatoms. The minimum absolute atomic E-state index is 0.0888. The van der Waals surface area contributed by atoms with Gasteiger partial charge in [-0.15, -0.1) is 0 Å². The molecule has 0 saturated heterocycles. The standard InChI is InChI=1S/C24H24N2O4/c1-17-3-9-21(10-4-17)30-22-13-11-20(12-14-22)29-16-23(27)26-15-18-5-7-19(8-6-18)24(28)25-2/h3-14H,15-16H2,1-2H3,(H,25,28)(H,26,27). The van der Waals surface area contributed by atoms with Crippen molar-refractivity contribution < 1.29 is 19.1 Å². The number of benzene rings is 3. The van der Waals surface area contributed by atoms with Gasteiger partial charge in [-0.05, 0) is 61.0 Å². The average Bonchev–Trinajstić information content (AvgIpc) is 2.78. The Morgan fingerprint density at radius 1 is 0.800 bits per heavy atom. The lowest BCUT2D eigenvalue weighted by Gasteiger charge is -2.09. The summed E-state index contributed by atoms with van der Waals surface area (Å²) in [5, 5.41) is 5.36. The van der Waals surface area contributed by atoms with Gasteiger partial charge in [-0.25, -0.2) is 0 Å². The molecule has 3 rings (SSSR count). The molecule has 0 spiro atoms. The predicted octanol–water partition coefficient (Wildman–Crippen LogP) is 3.84. The van der Waals surface area contributed by atoms with E-state index in [1.807, 2.05) is 31.2 Å². The molecule has 0 atom stereocenters. The number of carbonyl (C=O) groups is 2. The van der Waals surface area contributed by atoms with Crippen LogP contribution >= 0.6 is 0 Å². The maximum Gasteiger partial charge on any atom is 0.258 e. The molecule has 0 fully saturated rings. The molecule has 0 unspecified atom stereocenters. The van der Waals surface area contributed by atoms with Crippen molar-refractivity contribution in [1.29, 1.82) is 0 Å². The second-order valence-corrected chi connectivity index (χ2v) is 6.73. The summed E-state index contributed by atoms with van der Waals surface area (Å²) in [6, 6.07) is 22.0. The monoisotopic (exact) mass is 404 g/mol. The third-order valence-electron chi connectivity index (χ3n) is 4.38. The van der Waals surface area contributed by atoms with Crippen LogP contribution in [0.4, 0.5) is 0 Å².